The Hall–Kier alpha value is -3.78. The Bertz CT molecular complexity index is 1420. The number of halogens is 1. The molecule has 37 heavy (non-hydrogen) atoms. The maximum Gasteiger partial charge on any atom is 0.228 e. The molecule has 0 N–H and O–H groups in total. The molecule has 0 bridgehead atoms. The summed E-state index contributed by atoms with van der Waals surface area (Å²) in [5.74, 6) is 1.30. The van der Waals surface area contributed by atoms with Gasteiger partial charge < -0.3 is 14.4 Å². The minimum Gasteiger partial charge on any atom is -0.488 e. The van der Waals surface area contributed by atoms with Crippen LogP contribution in [0.3, 0.4) is 0 Å². The quantitative estimate of drug-likeness (QED) is 0.410. The highest BCUT2D eigenvalue weighted by Gasteiger charge is 2.23. The molecule has 0 atom stereocenters. The molecule has 0 fully saturated rings. The Balaban J connectivity index is 1.42. The third-order valence-electron chi connectivity index (χ3n) is 7.00. The van der Waals surface area contributed by atoms with E-state index in [-0.39, 0.29) is 18.2 Å². The first kappa shape index (κ1) is 24.9. The molecule has 8 heteroatoms. The van der Waals surface area contributed by atoms with Crippen molar-refractivity contribution in [3.05, 3.63) is 87.7 Å². The van der Waals surface area contributed by atoms with Gasteiger partial charge in [0.1, 0.15) is 18.2 Å². The van der Waals surface area contributed by atoms with E-state index in [1.807, 2.05) is 37.3 Å². The number of allylic oxidation sites excluding steroid dienone is 3. The lowest BCUT2D eigenvalue weighted by atomic mass is 9.95. The summed E-state index contributed by atoms with van der Waals surface area (Å²) in [4.78, 5) is 19.0. The Morgan fingerprint density at radius 3 is 2.81 bits per heavy atom. The maximum atomic E-state index is 15.3. The van der Waals surface area contributed by atoms with Crippen LogP contribution in [0.1, 0.15) is 59.4 Å². The molecule has 0 saturated carbocycles. The lowest BCUT2D eigenvalue weighted by molar-refractivity contribution is 0.101. The number of rotatable bonds is 7. The number of hydrogen-bond acceptors (Lipinski definition) is 6. The molecule has 0 amide bonds. The molecule has 1 aliphatic carbocycles. The van der Waals surface area contributed by atoms with Crippen molar-refractivity contribution in [2.75, 3.05) is 20.7 Å². The Labute approximate surface area is 216 Å². The molecule has 192 valence electrons. The molecule has 2 aromatic heterocycles. The second-order valence-electron chi connectivity index (χ2n) is 9.64. The van der Waals surface area contributed by atoms with E-state index >= 15 is 4.39 Å². The number of aromatic nitrogens is 3. The summed E-state index contributed by atoms with van der Waals surface area (Å²) >= 11 is 0. The van der Waals surface area contributed by atoms with Crippen molar-refractivity contribution >= 4 is 11.4 Å². The van der Waals surface area contributed by atoms with Gasteiger partial charge in [-0.15, -0.1) is 0 Å². The van der Waals surface area contributed by atoms with Gasteiger partial charge in [0.05, 0.1) is 24.6 Å². The first-order chi connectivity index (χ1) is 17.9. The molecular formula is C29H31FN4O3. The number of carbonyl (C=O) groups is 1. The van der Waals surface area contributed by atoms with Crippen LogP contribution >= 0.6 is 0 Å². The van der Waals surface area contributed by atoms with Crippen molar-refractivity contribution < 1.29 is 18.7 Å². The molecule has 2 aliphatic rings. The zero-order valence-electron chi connectivity index (χ0n) is 21.7. The number of carbonyl (C=O) groups excluding carboxylic acids is 1. The molecule has 0 unspecified atom stereocenters. The second kappa shape index (κ2) is 10.3. The molecule has 0 spiro atoms. The van der Waals surface area contributed by atoms with Gasteiger partial charge in [-0.2, -0.15) is 9.78 Å². The largest absolute Gasteiger partial charge is 0.488 e. The second-order valence-corrected chi connectivity index (χ2v) is 9.64. The Morgan fingerprint density at radius 1 is 1.19 bits per heavy atom. The smallest absolute Gasteiger partial charge is 0.228 e. The lowest BCUT2D eigenvalue weighted by Crippen LogP contribution is -2.27. The number of pyridine rings is 1. The van der Waals surface area contributed by atoms with Gasteiger partial charge in [0.25, 0.3) is 0 Å². The summed E-state index contributed by atoms with van der Waals surface area (Å²) < 4.78 is 28.6. The minimum atomic E-state index is -0.155. The first-order valence-corrected chi connectivity index (χ1v) is 12.5. The van der Waals surface area contributed by atoms with Crippen LogP contribution in [0, 0.1) is 5.82 Å². The number of methoxy groups -OCH3 is 1. The van der Waals surface area contributed by atoms with Crippen LogP contribution < -0.4 is 4.74 Å². The molecular weight excluding hydrogens is 471 g/mol. The van der Waals surface area contributed by atoms with E-state index in [1.54, 1.807) is 0 Å². The summed E-state index contributed by atoms with van der Waals surface area (Å²) in [7, 11) is 3.56. The monoisotopic (exact) mass is 502 g/mol. The number of likely N-dealkylation sites (N-methyl/N-ethyl adjacent to an activating group) is 1. The maximum absolute atomic E-state index is 15.3. The first-order valence-electron chi connectivity index (χ1n) is 12.5. The van der Waals surface area contributed by atoms with Crippen molar-refractivity contribution in [3.63, 3.8) is 0 Å². The van der Waals surface area contributed by atoms with Gasteiger partial charge in [0.15, 0.2) is 11.6 Å². The minimum absolute atomic E-state index is 0.134. The van der Waals surface area contributed by atoms with Crippen LogP contribution in [-0.4, -0.2) is 46.1 Å². The standard InChI is InChI=1S/C29H31FN4O3/c1-18-7-5-8-23(25-9-6-10-26(32-25)34-29(36-4)24(15-31-34)19(2)35)28(18)37-17-21-12-11-20-16-33(3)14-13-22(20)27(21)30/h6,8-12,15H,5,7,13-14,16-17H2,1-4H3. The lowest BCUT2D eigenvalue weighted by Gasteiger charge is -2.26. The zero-order chi connectivity index (χ0) is 26.1. The van der Waals surface area contributed by atoms with Gasteiger partial charge in [-0.3, -0.25) is 4.79 Å². The fourth-order valence-corrected chi connectivity index (χ4v) is 4.98. The van der Waals surface area contributed by atoms with Crippen LogP contribution in [0.25, 0.3) is 11.4 Å². The van der Waals surface area contributed by atoms with Gasteiger partial charge in [-0.1, -0.05) is 24.3 Å². The molecule has 0 radical (unpaired) electrons. The number of benzene rings is 1. The van der Waals surface area contributed by atoms with E-state index in [0.29, 0.717) is 34.9 Å². The van der Waals surface area contributed by atoms with Gasteiger partial charge in [0.2, 0.25) is 5.88 Å². The number of nitrogens with zero attached hydrogens (tertiary/aromatic N) is 4. The van der Waals surface area contributed by atoms with E-state index in [0.717, 1.165) is 54.0 Å². The molecule has 0 saturated heterocycles. The van der Waals surface area contributed by atoms with Crippen LogP contribution in [0.15, 0.2) is 53.9 Å². The Morgan fingerprint density at radius 2 is 2.03 bits per heavy atom. The van der Waals surface area contributed by atoms with E-state index in [1.165, 1.54) is 24.9 Å². The van der Waals surface area contributed by atoms with Crippen molar-refractivity contribution in [1.82, 2.24) is 19.7 Å². The van der Waals surface area contributed by atoms with E-state index < -0.39 is 0 Å². The third kappa shape index (κ3) is 4.81. The third-order valence-corrected chi connectivity index (χ3v) is 7.00. The molecule has 5 rings (SSSR count). The summed E-state index contributed by atoms with van der Waals surface area (Å²) in [5.41, 5.74) is 5.48. The van der Waals surface area contributed by atoms with Gasteiger partial charge >= 0.3 is 0 Å². The Kier molecular flexibility index (Phi) is 6.93. The fraction of sp³-hybridized carbons (Fsp3) is 0.345. The average Bonchev–Trinajstić information content (AvgIpc) is 3.33. The highest BCUT2D eigenvalue weighted by atomic mass is 19.1. The predicted molar refractivity (Wildman–Crippen MR) is 139 cm³/mol. The van der Waals surface area contributed by atoms with E-state index in [9.17, 15) is 4.79 Å². The average molecular weight is 503 g/mol. The van der Waals surface area contributed by atoms with Crippen molar-refractivity contribution in [2.24, 2.45) is 0 Å². The fourth-order valence-electron chi connectivity index (χ4n) is 4.98. The van der Waals surface area contributed by atoms with Crippen molar-refractivity contribution in [3.8, 4) is 11.7 Å². The topological polar surface area (TPSA) is 69.5 Å². The summed E-state index contributed by atoms with van der Waals surface area (Å²) in [6.07, 6.45) is 6.03. The zero-order valence-corrected chi connectivity index (χ0v) is 21.7. The van der Waals surface area contributed by atoms with Crippen LogP contribution in [-0.2, 0) is 24.3 Å². The van der Waals surface area contributed by atoms with Gasteiger partial charge in [-0.05, 0) is 69.0 Å². The predicted octanol–water partition coefficient (Wildman–Crippen LogP) is 5.27. The van der Waals surface area contributed by atoms with E-state index in [2.05, 4.69) is 23.1 Å². The van der Waals surface area contributed by atoms with Crippen LogP contribution in [0.2, 0.25) is 0 Å². The molecule has 3 heterocycles. The number of ketones is 1. The number of hydrogen-bond donors (Lipinski definition) is 0. The normalized spacial score (nSPS) is 15.9. The SMILES string of the molecule is COc1c(C(C)=O)cnn1-c1cccc(C2=CCCC(C)=C2OCc2ccc3c(c2F)CCN(C)C3)n1. The summed E-state index contributed by atoms with van der Waals surface area (Å²) in [6.45, 7) is 5.28. The van der Waals surface area contributed by atoms with Crippen molar-refractivity contribution in [1.29, 1.82) is 0 Å². The summed E-state index contributed by atoms with van der Waals surface area (Å²) in [6, 6.07) is 9.46. The highest BCUT2D eigenvalue weighted by Crippen LogP contribution is 2.34. The molecule has 7 nitrogen and oxygen atoms in total. The van der Waals surface area contributed by atoms with E-state index in [4.69, 9.17) is 14.5 Å². The van der Waals surface area contributed by atoms with Crippen molar-refractivity contribution in [2.45, 2.75) is 46.3 Å². The van der Waals surface area contributed by atoms with Gasteiger partial charge in [0, 0.05) is 24.2 Å². The summed E-state index contributed by atoms with van der Waals surface area (Å²) in [5, 5.41) is 4.33. The number of Topliss-reactive ketones (excluding diaryl/α,β-unsaturated/α-hetero) is 1. The van der Waals surface area contributed by atoms with Gasteiger partial charge in [-0.25, -0.2) is 9.37 Å². The molecule has 1 aromatic carbocycles. The number of ether oxygens (including phenoxy) is 2. The molecule has 3 aromatic rings. The highest BCUT2D eigenvalue weighted by molar-refractivity contribution is 5.96. The number of fused-ring (bicyclic) bond motifs is 1. The van der Waals surface area contributed by atoms with Crippen LogP contribution in [0.5, 0.6) is 5.88 Å². The van der Waals surface area contributed by atoms with Crippen LogP contribution in [0.4, 0.5) is 4.39 Å². The molecule has 1 aliphatic heterocycles.